The normalized spacial score (nSPS) is 11.3. The van der Waals surface area contributed by atoms with Crippen LogP contribution < -0.4 is 5.14 Å². The second-order valence-electron chi connectivity index (χ2n) is 3.70. The van der Waals surface area contributed by atoms with Crippen molar-refractivity contribution < 1.29 is 13.2 Å². The number of amides is 1. The molecule has 0 aliphatic heterocycles. The van der Waals surface area contributed by atoms with Crippen LogP contribution in [0.25, 0.3) is 0 Å². The van der Waals surface area contributed by atoms with Crippen molar-refractivity contribution in [3.63, 3.8) is 0 Å². The van der Waals surface area contributed by atoms with Crippen molar-refractivity contribution in [1.82, 2.24) is 4.90 Å². The molecular formula is C11H15BrN2O3S. The van der Waals surface area contributed by atoms with Crippen molar-refractivity contribution in [3.05, 3.63) is 28.2 Å². The number of carbonyl (C=O) groups excluding carboxylic acids is 1. The largest absolute Gasteiger partial charge is 0.339 e. The van der Waals surface area contributed by atoms with Crippen LogP contribution in [-0.4, -0.2) is 32.3 Å². The number of nitrogens with two attached hydrogens (primary N) is 1. The van der Waals surface area contributed by atoms with Crippen molar-refractivity contribution in [2.75, 3.05) is 13.1 Å². The number of sulfonamides is 1. The predicted octanol–water partition coefficient (Wildman–Crippen LogP) is 1.58. The maximum absolute atomic E-state index is 12.1. The first-order valence-electron chi connectivity index (χ1n) is 5.42. The lowest BCUT2D eigenvalue weighted by molar-refractivity contribution is 0.0772. The lowest BCUT2D eigenvalue weighted by Crippen LogP contribution is -2.30. The standard InChI is InChI=1S/C11H15BrN2O3S/c1-3-14(4-2)11(15)8-5-9(12)7-10(6-8)18(13,16)17/h5-7H,3-4H2,1-2H3,(H2,13,16,17). The van der Waals surface area contributed by atoms with Crippen LogP contribution in [0.1, 0.15) is 24.2 Å². The van der Waals surface area contributed by atoms with E-state index in [1.54, 1.807) is 11.0 Å². The Morgan fingerprint density at radius 3 is 2.28 bits per heavy atom. The first-order chi connectivity index (χ1) is 8.29. The number of rotatable bonds is 4. The average molecular weight is 335 g/mol. The first kappa shape index (κ1) is 15.1. The molecule has 0 unspecified atom stereocenters. The van der Waals surface area contributed by atoms with Gasteiger partial charge >= 0.3 is 0 Å². The molecule has 0 saturated heterocycles. The van der Waals surface area contributed by atoms with Crippen LogP contribution in [0.3, 0.4) is 0 Å². The zero-order valence-corrected chi connectivity index (χ0v) is 12.6. The van der Waals surface area contributed by atoms with Crippen LogP contribution in [-0.2, 0) is 10.0 Å². The average Bonchev–Trinajstić information content (AvgIpc) is 2.28. The fourth-order valence-electron chi connectivity index (χ4n) is 1.54. The molecule has 18 heavy (non-hydrogen) atoms. The van der Waals surface area contributed by atoms with E-state index >= 15 is 0 Å². The third-order valence-electron chi connectivity index (χ3n) is 2.50. The van der Waals surface area contributed by atoms with Crippen LogP contribution in [0.2, 0.25) is 0 Å². The molecule has 0 aromatic heterocycles. The molecule has 1 rings (SSSR count). The maximum Gasteiger partial charge on any atom is 0.253 e. The van der Waals surface area contributed by atoms with Crippen molar-refractivity contribution >= 4 is 31.9 Å². The Bertz CT molecular complexity index is 553. The highest BCUT2D eigenvalue weighted by Crippen LogP contribution is 2.19. The highest BCUT2D eigenvalue weighted by Gasteiger charge is 2.17. The molecule has 0 aliphatic rings. The summed E-state index contributed by atoms with van der Waals surface area (Å²) in [5, 5.41) is 5.06. The molecule has 0 saturated carbocycles. The molecule has 0 aliphatic carbocycles. The van der Waals surface area contributed by atoms with Crippen LogP contribution in [0.4, 0.5) is 0 Å². The summed E-state index contributed by atoms with van der Waals surface area (Å²) in [5.41, 5.74) is 0.303. The number of hydrogen-bond acceptors (Lipinski definition) is 3. The van der Waals surface area contributed by atoms with Gasteiger partial charge in [-0.3, -0.25) is 4.79 Å². The first-order valence-corrected chi connectivity index (χ1v) is 7.76. The molecule has 1 amide bonds. The Kier molecular flexibility index (Phi) is 4.89. The minimum absolute atomic E-state index is 0.0765. The maximum atomic E-state index is 12.1. The topological polar surface area (TPSA) is 80.5 Å². The molecule has 7 heteroatoms. The minimum atomic E-state index is -3.82. The summed E-state index contributed by atoms with van der Waals surface area (Å²) >= 11 is 3.18. The van der Waals surface area contributed by atoms with Crippen LogP contribution in [0.5, 0.6) is 0 Å². The van der Waals surface area contributed by atoms with Gasteiger partial charge in [-0.1, -0.05) is 15.9 Å². The van der Waals surface area contributed by atoms with Gasteiger partial charge in [0, 0.05) is 23.1 Å². The summed E-state index contributed by atoms with van der Waals surface area (Å²) in [7, 11) is -3.82. The van der Waals surface area contributed by atoms with Gasteiger partial charge in [0.25, 0.3) is 5.91 Å². The Labute approximate surface area is 115 Å². The molecule has 1 aromatic carbocycles. The van der Waals surface area contributed by atoms with E-state index in [1.807, 2.05) is 13.8 Å². The zero-order valence-electron chi connectivity index (χ0n) is 10.2. The van der Waals surface area contributed by atoms with Gasteiger partial charge in [-0.15, -0.1) is 0 Å². The quantitative estimate of drug-likeness (QED) is 0.907. The van der Waals surface area contributed by atoms with E-state index in [4.69, 9.17) is 5.14 Å². The number of hydrogen-bond donors (Lipinski definition) is 1. The lowest BCUT2D eigenvalue weighted by Gasteiger charge is -2.19. The third-order valence-corrected chi connectivity index (χ3v) is 3.85. The molecule has 0 bridgehead atoms. The molecule has 5 nitrogen and oxygen atoms in total. The fraction of sp³-hybridized carbons (Fsp3) is 0.364. The van der Waals surface area contributed by atoms with E-state index in [2.05, 4.69) is 15.9 Å². The van der Waals surface area contributed by atoms with E-state index in [9.17, 15) is 13.2 Å². The summed E-state index contributed by atoms with van der Waals surface area (Å²) in [6.07, 6.45) is 0. The minimum Gasteiger partial charge on any atom is -0.339 e. The van der Waals surface area contributed by atoms with Gasteiger partial charge in [0.1, 0.15) is 0 Å². The third kappa shape index (κ3) is 3.54. The number of halogens is 1. The van der Waals surface area contributed by atoms with Gasteiger partial charge in [-0.05, 0) is 32.0 Å². The monoisotopic (exact) mass is 334 g/mol. The molecular weight excluding hydrogens is 320 g/mol. The lowest BCUT2D eigenvalue weighted by atomic mass is 10.2. The Hall–Kier alpha value is -0.920. The second-order valence-corrected chi connectivity index (χ2v) is 6.18. The van der Waals surface area contributed by atoms with Gasteiger partial charge < -0.3 is 4.90 Å². The van der Waals surface area contributed by atoms with Crippen LogP contribution in [0.15, 0.2) is 27.6 Å². The highest BCUT2D eigenvalue weighted by atomic mass is 79.9. The smallest absolute Gasteiger partial charge is 0.253 e. The van der Waals surface area contributed by atoms with E-state index in [0.29, 0.717) is 23.1 Å². The highest BCUT2D eigenvalue weighted by molar-refractivity contribution is 9.10. The number of primary sulfonamides is 1. The Morgan fingerprint density at radius 2 is 1.83 bits per heavy atom. The van der Waals surface area contributed by atoms with Gasteiger partial charge in [-0.2, -0.15) is 0 Å². The molecule has 2 N–H and O–H groups in total. The molecule has 0 atom stereocenters. The van der Waals surface area contributed by atoms with Crippen molar-refractivity contribution in [2.24, 2.45) is 5.14 Å². The predicted molar refractivity (Wildman–Crippen MR) is 72.8 cm³/mol. The van der Waals surface area contributed by atoms with E-state index < -0.39 is 10.0 Å². The summed E-state index contributed by atoms with van der Waals surface area (Å²) in [6.45, 7) is 4.85. The van der Waals surface area contributed by atoms with Gasteiger partial charge in [0.2, 0.25) is 10.0 Å². The van der Waals surface area contributed by atoms with Crippen LogP contribution >= 0.6 is 15.9 Å². The van der Waals surface area contributed by atoms with Crippen molar-refractivity contribution in [2.45, 2.75) is 18.7 Å². The van der Waals surface area contributed by atoms with Crippen molar-refractivity contribution in [1.29, 1.82) is 0 Å². The van der Waals surface area contributed by atoms with Gasteiger partial charge in [0.15, 0.2) is 0 Å². The molecule has 0 spiro atoms. The van der Waals surface area contributed by atoms with Crippen molar-refractivity contribution in [3.8, 4) is 0 Å². The van der Waals surface area contributed by atoms with Gasteiger partial charge in [0.05, 0.1) is 4.90 Å². The Balaban J connectivity index is 3.26. The van der Waals surface area contributed by atoms with E-state index in [-0.39, 0.29) is 10.8 Å². The van der Waals surface area contributed by atoms with E-state index in [1.165, 1.54) is 12.1 Å². The molecule has 0 fully saturated rings. The SMILES string of the molecule is CCN(CC)C(=O)c1cc(Br)cc(S(N)(=O)=O)c1. The summed E-state index contributed by atoms with van der Waals surface area (Å²) < 4.78 is 23.1. The number of carbonyl (C=O) groups is 1. The molecule has 0 radical (unpaired) electrons. The summed E-state index contributed by atoms with van der Waals surface area (Å²) in [6, 6.07) is 4.24. The zero-order chi connectivity index (χ0) is 13.9. The molecule has 100 valence electrons. The van der Waals surface area contributed by atoms with Crippen LogP contribution in [0, 0.1) is 0 Å². The summed E-state index contributed by atoms with van der Waals surface area (Å²) in [5.74, 6) is -0.216. The molecule has 1 aromatic rings. The molecule has 0 heterocycles. The second kappa shape index (κ2) is 5.81. The van der Waals surface area contributed by atoms with Gasteiger partial charge in [-0.25, -0.2) is 13.6 Å². The fourth-order valence-corrected chi connectivity index (χ4v) is 2.77. The Morgan fingerprint density at radius 1 is 1.28 bits per heavy atom. The number of nitrogens with zero attached hydrogens (tertiary/aromatic N) is 1. The number of benzene rings is 1. The summed E-state index contributed by atoms with van der Waals surface area (Å²) in [4.78, 5) is 13.6. The van der Waals surface area contributed by atoms with E-state index in [0.717, 1.165) is 0 Å².